The monoisotopic (exact) mass is 392 g/mol. The zero-order chi connectivity index (χ0) is 19.9. The molecule has 0 aliphatic heterocycles. The summed E-state index contributed by atoms with van der Waals surface area (Å²) in [5.74, 6) is -0.382. The van der Waals surface area contributed by atoms with E-state index < -0.39 is 5.97 Å². The van der Waals surface area contributed by atoms with Crippen LogP contribution < -0.4 is 10.2 Å². The molecule has 1 N–H and O–H groups in total. The molecule has 5 nitrogen and oxygen atoms in total. The van der Waals surface area contributed by atoms with Crippen LogP contribution >= 0.6 is 11.6 Å². The first kappa shape index (κ1) is 19.3. The summed E-state index contributed by atoms with van der Waals surface area (Å²) in [6.45, 7) is 1.92. The minimum atomic E-state index is -0.491. The largest absolute Gasteiger partial charge is 0.423 e. The van der Waals surface area contributed by atoms with Gasteiger partial charge in [0.1, 0.15) is 5.75 Å². The highest BCUT2D eigenvalue weighted by molar-refractivity contribution is 6.30. The summed E-state index contributed by atoms with van der Waals surface area (Å²) in [6, 6.07) is 20.5. The molecule has 140 valence electrons. The van der Waals surface area contributed by atoms with E-state index >= 15 is 0 Å². The zero-order valence-corrected chi connectivity index (χ0v) is 15.8. The van der Waals surface area contributed by atoms with Crippen molar-refractivity contribution in [3.8, 4) is 5.75 Å². The highest BCUT2D eigenvalue weighted by atomic mass is 35.5. The third-order valence-corrected chi connectivity index (χ3v) is 4.05. The SMILES string of the molecule is Cc1cccc(C(=O)N/N=C/c2ccc(OC(=O)c3cccc(Cl)c3)cc2)c1. The second-order valence-electron chi connectivity index (χ2n) is 6.04. The number of aryl methyl sites for hydroxylation is 1. The number of carbonyl (C=O) groups is 2. The maximum atomic E-state index is 12.1. The lowest BCUT2D eigenvalue weighted by Crippen LogP contribution is -2.17. The third-order valence-electron chi connectivity index (χ3n) is 3.81. The normalized spacial score (nSPS) is 10.6. The molecule has 0 saturated heterocycles. The standard InChI is InChI=1S/C22H17ClN2O3/c1-15-4-2-5-17(12-15)21(26)25-24-14-16-8-10-20(11-9-16)28-22(27)18-6-3-7-19(23)13-18/h2-14H,1H3,(H,25,26)/b24-14+. The maximum absolute atomic E-state index is 12.1. The quantitative estimate of drug-likeness (QED) is 0.298. The van der Waals surface area contributed by atoms with Crippen LogP contribution in [-0.4, -0.2) is 18.1 Å². The van der Waals surface area contributed by atoms with Gasteiger partial charge in [-0.2, -0.15) is 5.10 Å². The lowest BCUT2D eigenvalue weighted by Gasteiger charge is -2.05. The molecule has 0 bridgehead atoms. The Morgan fingerprint density at radius 1 is 0.964 bits per heavy atom. The fraction of sp³-hybridized carbons (Fsp3) is 0.0455. The Morgan fingerprint density at radius 2 is 1.68 bits per heavy atom. The number of amides is 1. The van der Waals surface area contributed by atoms with Gasteiger partial charge in [0, 0.05) is 10.6 Å². The van der Waals surface area contributed by atoms with Gasteiger partial charge in [-0.3, -0.25) is 4.79 Å². The molecule has 3 aromatic rings. The molecule has 0 saturated carbocycles. The number of nitrogens with zero attached hydrogens (tertiary/aromatic N) is 1. The minimum Gasteiger partial charge on any atom is -0.423 e. The van der Waals surface area contributed by atoms with E-state index in [2.05, 4.69) is 10.5 Å². The first-order valence-corrected chi connectivity index (χ1v) is 8.87. The smallest absolute Gasteiger partial charge is 0.343 e. The molecular formula is C22H17ClN2O3. The van der Waals surface area contributed by atoms with Crippen molar-refractivity contribution in [1.29, 1.82) is 0 Å². The predicted octanol–water partition coefficient (Wildman–Crippen LogP) is 4.63. The first-order chi connectivity index (χ1) is 13.5. The van der Waals surface area contributed by atoms with Crippen molar-refractivity contribution in [2.45, 2.75) is 6.92 Å². The van der Waals surface area contributed by atoms with Crippen LogP contribution in [0.25, 0.3) is 0 Å². The van der Waals surface area contributed by atoms with Crippen LogP contribution in [-0.2, 0) is 0 Å². The number of benzene rings is 3. The van der Waals surface area contributed by atoms with Crippen LogP contribution in [0, 0.1) is 6.92 Å². The van der Waals surface area contributed by atoms with E-state index in [0.717, 1.165) is 11.1 Å². The van der Waals surface area contributed by atoms with E-state index in [9.17, 15) is 9.59 Å². The van der Waals surface area contributed by atoms with Crippen molar-refractivity contribution in [3.05, 3.63) is 100 Å². The topological polar surface area (TPSA) is 67.8 Å². The maximum Gasteiger partial charge on any atom is 0.343 e. The number of carbonyl (C=O) groups excluding carboxylic acids is 2. The zero-order valence-electron chi connectivity index (χ0n) is 15.1. The lowest BCUT2D eigenvalue weighted by molar-refractivity contribution is 0.0734. The number of hydrogen-bond acceptors (Lipinski definition) is 4. The van der Waals surface area contributed by atoms with Crippen LogP contribution in [0.3, 0.4) is 0 Å². The molecule has 28 heavy (non-hydrogen) atoms. The van der Waals surface area contributed by atoms with Crippen LogP contribution in [0.1, 0.15) is 31.8 Å². The molecular weight excluding hydrogens is 376 g/mol. The summed E-state index contributed by atoms with van der Waals surface area (Å²) in [5, 5.41) is 4.41. The number of nitrogens with one attached hydrogen (secondary N) is 1. The van der Waals surface area contributed by atoms with E-state index in [0.29, 0.717) is 21.9 Å². The number of esters is 1. The molecule has 0 radical (unpaired) electrons. The van der Waals surface area contributed by atoms with Gasteiger partial charge in [-0.15, -0.1) is 0 Å². The molecule has 0 heterocycles. The molecule has 0 aliphatic rings. The summed E-state index contributed by atoms with van der Waals surface area (Å²) >= 11 is 5.88. The van der Waals surface area contributed by atoms with Crippen LogP contribution in [0.4, 0.5) is 0 Å². The van der Waals surface area contributed by atoms with Crippen molar-refractivity contribution < 1.29 is 14.3 Å². The van der Waals surface area contributed by atoms with Gasteiger partial charge in [0.25, 0.3) is 5.91 Å². The predicted molar refractivity (Wildman–Crippen MR) is 109 cm³/mol. The molecule has 1 amide bonds. The number of halogens is 1. The number of ether oxygens (including phenoxy) is 1. The van der Waals surface area contributed by atoms with Gasteiger partial charge < -0.3 is 4.74 Å². The minimum absolute atomic E-state index is 0.285. The highest BCUT2D eigenvalue weighted by Gasteiger charge is 2.09. The fourth-order valence-corrected chi connectivity index (χ4v) is 2.61. The molecule has 0 spiro atoms. The number of hydrazone groups is 1. The Balaban J connectivity index is 1.57. The van der Waals surface area contributed by atoms with E-state index in [1.54, 1.807) is 60.7 Å². The molecule has 0 aromatic heterocycles. The van der Waals surface area contributed by atoms with Crippen LogP contribution in [0.5, 0.6) is 5.75 Å². The molecule has 0 unspecified atom stereocenters. The van der Waals surface area contributed by atoms with Gasteiger partial charge in [-0.25, -0.2) is 10.2 Å². The number of hydrogen-bond donors (Lipinski definition) is 1. The van der Waals surface area contributed by atoms with Crippen molar-refractivity contribution in [1.82, 2.24) is 5.43 Å². The van der Waals surface area contributed by atoms with Crippen molar-refractivity contribution in [2.75, 3.05) is 0 Å². The Bertz CT molecular complexity index is 1030. The van der Waals surface area contributed by atoms with Crippen molar-refractivity contribution in [2.24, 2.45) is 5.10 Å². The van der Waals surface area contributed by atoms with E-state index in [-0.39, 0.29) is 5.91 Å². The second-order valence-corrected chi connectivity index (χ2v) is 6.47. The summed E-state index contributed by atoms with van der Waals surface area (Å²) < 4.78 is 5.31. The first-order valence-electron chi connectivity index (χ1n) is 8.49. The molecule has 0 aliphatic carbocycles. The van der Waals surface area contributed by atoms with Crippen molar-refractivity contribution >= 4 is 29.7 Å². The molecule has 6 heteroatoms. The summed E-state index contributed by atoms with van der Waals surface area (Å²) in [7, 11) is 0. The van der Waals surface area contributed by atoms with Gasteiger partial charge in [0.2, 0.25) is 0 Å². The second kappa shape index (κ2) is 8.97. The number of rotatable bonds is 5. The summed E-state index contributed by atoms with van der Waals surface area (Å²) in [5.41, 5.74) is 5.14. The molecule has 0 atom stereocenters. The molecule has 3 rings (SSSR count). The molecule has 0 fully saturated rings. The lowest BCUT2D eigenvalue weighted by atomic mass is 10.1. The highest BCUT2D eigenvalue weighted by Crippen LogP contribution is 2.16. The summed E-state index contributed by atoms with van der Waals surface area (Å²) in [4.78, 5) is 24.1. The van der Waals surface area contributed by atoms with E-state index in [4.69, 9.17) is 16.3 Å². The third kappa shape index (κ3) is 5.28. The molecule has 3 aromatic carbocycles. The van der Waals surface area contributed by atoms with Gasteiger partial charge in [0.15, 0.2) is 0 Å². The van der Waals surface area contributed by atoms with Gasteiger partial charge >= 0.3 is 5.97 Å². The average molecular weight is 393 g/mol. The van der Waals surface area contributed by atoms with Gasteiger partial charge in [-0.05, 0) is 67.1 Å². The Hall–Kier alpha value is -3.44. The van der Waals surface area contributed by atoms with Crippen LogP contribution in [0.2, 0.25) is 5.02 Å². The Morgan fingerprint density at radius 3 is 2.39 bits per heavy atom. The van der Waals surface area contributed by atoms with Gasteiger partial charge in [-0.1, -0.05) is 35.4 Å². The van der Waals surface area contributed by atoms with E-state index in [1.165, 1.54) is 6.21 Å². The van der Waals surface area contributed by atoms with Crippen molar-refractivity contribution in [3.63, 3.8) is 0 Å². The Kier molecular flexibility index (Phi) is 6.19. The average Bonchev–Trinajstić information content (AvgIpc) is 2.69. The fourth-order valence-electron chi connectivity index (χ4n) is 2.42. The Labute approximate surface area is 167 Å². The van der Waals surface area contributed by atoms with E-state index in [1.807, 2.05) is 19.1 Å². The summed E-state index contributed by atoms with van der Waals surface area (Å²) in [6.07, 6.45) is 1.51. The van der Waals surface area contributed by atoms with Crippen LogP contribution in [0.15, 0.2) is 77.9 Å². The van der Waals surface area contributed by atoms with Gasteiger partial charge in [0.05, 0.1) is 11.8 Å².